The lowest BCUT2D eigenvalue weighted by Gasteiger charge is -2.03. The summed E-state index contributed by atoms with van der Waals surface area (Å²) in [7, 11) is 1.88. The molecule has 2 aromatic heterocycles. The van der Waals surface area contributed by atoms with E-state index in [1.807, 2.05) is 37.6 Å². The molecule has 0 atom stereocenters. The van der Waals surface area contributed by atoms with Crippen LogP contribution in [0, 0.1) is 0 Å². The summed E-state index contributed by atoms with van der Waals surface area (Å²) in [6, 6.07) is 5.98. The molecule has 2 heterocycles. The van der Waals surface area contributed by atoms with Crippen molar-refractivity contribution in [1.82, 2.24) is 9.97 Å². The summed E-state index contributed by atoms with van der Waals surface area (Å²) in [4.78, 5) is 8.21. The van der Waals surface area contributed by atoms with Crippen LogP contribution in [-0.4, -0.2) is 17.0 Å². The van der Waals surface area contributed by atoms with Crippen molar-refractivity contribution in [3.05, 3.63) is 43.0 Å². The SMILES string of the molecule is CNc1cncc(-c2cccnc2)c1. The summed E-state index contributed by atoms with van der Waals surface area (Å²) in [5.74, 6) is 0. The first-order valence-corrected chi connectivity index (χ1v) is 4.43. The Labute approximate surface area is 82.8 Å². The van der Waals surface area contributed by atoms with Gasteiger partial charge >= 0.3 is 0 Å². The molecular weight excluding hydrogens is 174 g/mol. The van der Waals surface area contributed by atoms with Crippen LogP contribution in [0.5, 0.6) is 0 Å². The Morgan fingerprint density at radius 2 is 1.93 bits per heavy atom. The smallest absolute Gasteiger partial charge is 0.0530 e. The van der Waals surface area contributed by atoms with Gasteiger partial charge in [0.1, 0.15) is 0 Å². The minimum absolute atomic E-state index is 1.01. The van der Waals surface area contributed by atoms with E-state index < -0.39 is 0 Å². The van der Waals surface area contributed by atoms with Crippen molar-refractivity contribution in [1.29, 1.82) is 0 Å². The van der Waals surface area contributed by atoms with Gasteiger partial charge in [-0.1, -0.05) is 6.07 Å². The first kappa shape index (κ1) is 8.69. The summed E-state index contributed by atoms with van der Waals surface area (Å²) in [6.45, 7) is 0. The zero-order valence-corrected chi connectivity index (χ0v) is 7.94. The molecule has 0 aliphatic rings. The summed E-state index contributed by atoms with van der Waals surface area (Å²) in [6.07, 6.45) is 7.22. The van der Waals surface area contributed by atoms with Crippen molar-refractivity contribution in [2.75, 3.05) is 12.4 Å². The average Bonchev–Trinajstić information content (AvgIpc) is 2.30. The highest BCUT2D eigenvalue weighted by atomic mass is 14.8. The Kier molecular flexibility index (Phi) is 2.40. The molecule has 0 saturated heterocycles. The lowest BCUT2D eigenvalue weighted by atomic mass is 10.1. The van der Waals surface area contributed by atoms with E-state index in [-0.39, 0.29) is 0 Å². The minimum atomic E-state index is 1.01. The zero-order chi connectivity index (χ0) is 9.80. The van der Waals surface area contributed by atoms with E-state index in [9.17, 15) is 0 Å². The number of pyridine rings is 2. The van der Waals surface area contributed by atoms with Crippen LogP contribution in [0.4, 0.5) is 5.69 Å². The number of hydrogen-bond donors (Lipinski definition) is 1. The van der Waals surface area contributed by atoms with Crippen molar-refractivity contribution >= 4 is 5.69 Å². The molecule has 0 amide bonds. The fourth-order valence-corrected chi connectivity index (χ4v) is 1.27. The van der Waals surface area contributed by atoms with Gasteiger partial charge in [-0.3, -0.25) is 9.97 Å². The standard InChI is InChI=1S/C11H11N3/c1-12-11-5-10(7-14-8-11)9-3-2-4-13-6-9/h2-8,12H,1H3. The van der Waals surface area contributed by atoms with E-state index >= 15 is 0 Å². The Balaban J connectivity index is 2.42. The quantitative estimate of drug-likeness (QED) is 0.779. The number of aromatic nitrogens is 2. The highest BCUT2D eigenvalue weighted by molar-refractivity contribution is 5.65. The van der Waals surface area contributed by atoms with E-state index in [4.69, 9.17) is 0 Å². The lowest BCUT2D eigenvalue weighted by molar-refractivity contribution is 1.29. The van der Waals surface area contributed by atoms with E-state index in [0.29, 0.717) is 0 Å². The van der Waals surface area contributed by atoms with Gasteiger partial charge in [-0.25, -0.2) is 0 Å². The van der Waals surface area contributed by atoms with E-state index in [1.165, 1.54) is 0 Å². The van der Waals surface area contributed by atoms with Gasteiger partial charge < -0.3 is 5.32 Å². The van der Waals surface area contributed by atoms with Crippen LogP contribution in [0.25, 0.3) is 11.1 Å². The van der Waals surface area contributed by atoms with E-state index in [2.05, 4.69) is 15.3 Å². The first-order valence-electron chi connectivity index (χ1n) is 4.43. The van der Waals surface area contributed by atoms with Crippen molar-refractivity contribution < 1.29 is 0 Å². The second-order valence-electron chi connectivity index (χ2n) is 2.95. The summed E-state index contributed by atoms with van der Waals surface area (Å²) in [5.41, 5.74) is 3.16. The Hall–Kier alpha value is -1.90. The monoisotopic (exact) mass is 185 g/mol. The van der Waals surface area contributed by atoms with Crippen LogP contribution in [0.2, 0.25) is 0 Å². The second-order valence-corrected chi connectivity index (χ2v) is 2.95. The molecule has 70 valence electrons. The molecular formula is C11H11N3. The van der Waals surface area contributed by atoms with E-state index in [1.54, 1.807) is 12.4 Å². The molecule has 0 radical (unpaired) electrons. The van der Waals surface area contributed by atoms with Crippen LogP contribution in [-0.2, 0) is 0 Å². The summed E-state index contributed by atoms with van der Waals surface area (Å²) < 4.78 is 0. The third-order valence-electron chi connectivity index (χ3n) is 2.02. The van der Waals surface area contributed by atoms with Crippen LogP contribution in [0.15, 0.2) is 43.0 Å². The van der Waals surface area contributed by atoms with Gasteiger partial charge in [-0.2, -0.15) is 0 Å². The molecule has 0 aliphatic heterocycles. The van der Waals surface area contributed by atoms with Gasteiger partial charge in [0.15, 0.2) is 0 Å². The maximum absolute atomic E-state index is 4.14. The third-order valence-corrected chi connectivity index (χ3v) is 2.02. The molecule has 2 aromatic rings. The lowest BCUT2D eigenvalue weighted by Crippen LogP contribution is -1.89. The van der Waals surface area contributed by atoms with Gasteiger partial charge in [0.25, 0.3) is 0 Å². The van der Waals surface area contributed by atoms with Gasteiger partial charge in [0.05, 0.1) is 5.69 Å². The zero-order valence-electron chi connectivity index (χ0n) is 7.94. The Morgan fingerprint density at radius 1 is 1.07 bits per heavy atom. The number of nitrogens with zero attached hydrogens (tertiary/aromatic N) is 2. The summed E-state index contributed by atoms with van der Waals surface area (Å²) >= 11 is 0. The van der Waals surface area contributed by atoms with Crippen molar-refractivity contribution in [3.63, 3.8) is 0 Å². The number of nitrogens with one attached hydrogen (secondary N) is 1. The highest BCUT2D eigenvalue weighted by Crippen LogP contribution is 2.19. The molecule has 3 nitrogen and oxygen atoms in total. The predicted octanol–water partition coefficient (Wildman–Crippen LogP) is 2.19. The van der Waals surface area contributed by atoms with E-state index in [0.717, 1.165) is 16.8 Å². The normalized spacial score (nSPS) is 9.79. The van der Waals surface area contributed by atoms with Crippen molar-refractivity contribution in [2.24, 2.45) is 0 Å². The Morgan fingerprint density at radius 3 is 2.64 bits per heavy atom. The number of rotatable bonds is 2. The molecule has 0 saturated carbocycles. The molecule has 3 heteroatoms. The molecule has 0 aromatic carbocycles. The molecule has 0 fully saturated rings. The van der Waals surface area contributed by atoms with Crippen LogP contribution >= 0.6 is 0 Å². The van der Waals surface area contributed by atoms with Crippen LogP contribution < -0.4 is 5.32 Å². The first-order chi connectivity index (χ1) is 6.90. The molecule has 0 unspecified atom stereocenters. The largest absolute Gasteiger partial charge is 0.387 e. The maximum atomic E-state index is 4.14. The third kappa shape index (κ3) is 1.71. The number of hydrogen-bond acceptors (Lipinski definition) is 3. The molecule has 0 aliphatic carbocycles. The summed E-state index contributed by atoms with van der Waals surface area (Å²) in [5, 5.41) is 3.05. The predicted molar refractivity (Wildman–Crippen MR) is 57.0 cm³/mol. The molecule has 14 heavy (non-hydrogen) atoms. The second kappa shape index (κ2) is 3.87. The molecule has 0 bridgehead atoms. The van der Waals surface area contributed by atoms with Crippen LogP contribution in [0.1, 0.15) is 0 Å². The van der Waals surface area contributed by atoms with Gasteiger partial charge in [-0.05, 0) is 12.1 Å². The van der Waals surface area contributed by atoms with Gasteiger partial charge in [-0.15, -0.1) is 0 Å². The van der Waals surface area contributed by atoms with Crippen molar-refractivity contribution in [2.45, 2.75) is 0 Å². The minimum Gasteiger partial charge on any atom is -0.387 e. The average molecular weight is 185 g/mol. The number of anilines is 1. The highest BCUT2D eigenvalue weighted by Gasteiger charge is 1.97. The Bertz CT molecular complexity index is 412. The van der Waals surface area contributed by atoms with Gasteiger partial charge in [0.2, 0.25) is 0 Å². The van der Waals surface area contributed by atoms with Crippen LogP contribution in [0.3, 0.4) is 0 Å². The topological polar surface area (TPSA) is 37.8 Å². The maximum Gasteiger partial charge on any atom is 0.0530 e. The fourth-order valence-electron chi connectivity index (χ4n) is 1.27. The molecule has 2 rings (SSSR count). The van der Waals surface area contributed by atoms with Gasteiger partial charge in [0, 0.05) is 43.0 Å². The fraction of sp³-hybridized carbons (Fsp3) is 0.0909. The van der Waals surface area contributed by atoms with Crippen molar-refractivity contribution in [3.8, 4) is 11.1 Å². The molecule has 0 spiro atoms. The molecule has 1 N–H and O–H groups in total.